The molecule has 0 spiro atoms. The van der Waals surface area contributed by atoms with E-state index in [2.05, 4.69) is 22.0 Å². The van der Waals surface area contributed by atoms with E-state index in [-0.39, 0.29) is 5.91 Å². The lowest BCUT2D eigenvalue weighted by atomic mass is 10.1. The zero-order chi connectivity index (χ0) is 14.2. The van der Waals surface area contributed by atoms with E-state index >= 15 is 0 Å². The third-order valence-electron chi connectivity index (χ3n) is 3.09. The average molecular weight is 321 g/mol. The lowest BCUT2D eigenvalue weighted by Gasteiger charge is -2.19. The first-order valence-corrected chi connectivity index (χ1v) is 6.86. The van der Waals surface area contributed by atoms with E-state index in [4.69, 9.17) is 0 Å². The molecule has 0 aliphatic carbocycles. The Labute approximate surface area is 122 Å². The molecule has 0 fully saturated rings. The van der Waals surface area contributed by atoms with Crippen molar-refractivity contribution in [3.05, 3.63) is 51.8 Å². The van der Waals surface area contributed by atoms with Crippen LogP contribution in [0.4, 0.5) is 5.69 Å². The summed E-state index contributed by atoms with van der Waals surface area (Å²) in [5.74, 6) is -0.0156. The zero-order valence-corrected chi connectivity index (χ0v) is 13.2. The Morgan fingerprint density at radius 1 is 1.16 bits per heavy atom. The lowest BCUT2D eigenvalue weighted by Crippen LogP contribution is -2.28. The van der Waals surface area contributed by atoms with Crippen molar-refractivity contribution < 1.29 is 4.79 Å². The van der Waals surface area contributed by atoms with Crippen molar-refractivity contribution in [2.24, 2.45) is 7.05 Å². The van der Waals surface area contributed by atoms with Crippen LogP contribution in [0, 0.1) is 13.8 Å². The molecule has 0 aliphatic rings. The number of hydrogen-bond acceptors (Lipinski definition) is 1. The summed E-state index contributed by atoms with van der Waals surface area (Å²) in [6.45, 7) is 4.07. The Kier molecular flexibility index (Phi) is 3.80. The van der Waals surface area contributed by atoms with Gasteiger partial charge in [0.05, 0.1) is 0 Å². The molecule has 0 saturated carbocycles. The Morgan fingerprint density at radius 3 is 2.21 bits per heavy atom. The summed E-state index contributed by atoms with van der Waals surface area (Å²) in [5, 5.41) is 0. The van der Waals surface area contributed by atoms with Gasteiger partial charge in [0, 0.05) is 30.5 Å². The molecule has 1 heterocycles. The van der Waals surface area contributed by atoms with Crippen LogP contribution in [0.25, 0.3) is 0 Å². The normalized spacial score (nSPS) is 10.6. The highest BCUT2D eigenvalue weighted by Gasteiger charge is 2.17. The van der Waals surface area contributed by atoms with Crippen LogP contribution in [0.15, 0.2) is 34.9 Å². The van der Waals surface area contributed by atoms with Crippen LogP contribution in [0.1, 0.15) is 21.6 Å². The van der Waals surface area contributed by atoms with E-state index in [0.29, 0.717) is 5.69 Å². The number of carbonyl (C=O) groups is 1. The van der Waals surface area contributed by atoms with Gasteiger partial charge in [-0.1, -0.05) is 6.07 Å². The highest BCUT2D eigenvalue weighted by atomic mass is 79.9. The standard InChI is InChI=1S/C15H17BrN2O/c1-10-5-11(2)7-13(6-10)18(4)15(19)14-8-12(16)9-17(14)3/h5-9H,1-4H3. The van der Waals surface area contributed by atoms with Gasteiger partial charge in [0.25, 0.3) is 5.91 Å². The van der Waals surface area contributed by atoms with Gasteiger partial charge in [0.15, 0.2) is 0 Å². The molecule has 0 atom stereocenters. The van der Waals surface area contributed by atoms with Gasteiger partial charge < -0.3 is 9.47 Å². The molecule has 0 aliphatic heterocycles. The molecule has 0 saturated heterocycles. The molecule has 0 radical (unpaired) electrons. The minimum atomic E-state index is -0.0156. The molecule has 2 rings (SSSR count). The highest BCUT2D eigenvalue weighted by Crippen LogP contribution is 2.21. The summed E-state index contributed by atoms with van der Waals surface area (Å²) in [6, 6.07) is 7.97. The number of aromatic nitrogens is 1. The molecule has 1 aromatic heterocycles. The summed E-state index contributed by atoms with van der Waals surface area (Å²) < 4.78 is 2.73. The minimum Gasteiger partial charge on any atom is -0.345 e. The number of benzene rings is 1. The second-order valence-corrected chi connectivity index (χ2v) is 5.78. The Hall–Kier alpha value is -1.55. The number of rotatable bonds is 2. The van der Waals surface area contributed by atoms with Gasteiger partial charge in [-0.15, -0.1) is 0 Å². The second-order valence-electron chi connectivity index (χ2n) is 4.86. The summed E-state index contributed by atoms with van der Waals surface area (Å²) in [4.78, 5) is 14.2. The summed E-state index contributed by atoms with van der Waals surface area (Å²) in [7, 11) is 3.67. The third-order valence-corrected chi connectivity index (χ3v) is 3.52. The first-order chi connectivity index (χ1) is 8.88. The number of aryl methyl sites for hydroxylation is 3. The van der Waals surface area contributed by atoms with Crippen molar-refractivity contribution in [1.82, 2.24) is 4.57 Å². The molecule has 0 N–H and O–H groups in total. The van der Waals surface area contributed by atoms with Crippen molar-refractivity contribution in [3.63, 3.8) is 0 Å². The fourth-order valence-corrected chi connectivity index (χ4v) is 2.69. The Bertz CT molecular complexity index is 611. The average Bonchev–Trinajstić information content (AvgIpc) is 2.65. The minimum absolute atomic E-state index is 0.0156. The van der Waals surface area contributed by atoms with E-state index in [1.54, 1.807) is 11.9 Å². The smallest absolute Gasteiger partial charge is 0.274 e. The van der Waals surface area contributed by atoms with Crippen molar-refractivity contribution in [1.29, 1.82) is 0 Å². The maximum absolute atomic E-state index is 12.5. The highest BCUT2D eigenvalue weighted by molar-refractivity contribution is 9.10. The van der Waals surface area contributed by atoms with E-state index < -0.39 is 0 Å². The molecular weight excluding hydrogens is 304 g/mol. The van der Waals surface area contributed by atoms with Crippen LogP contribution in [-0.2, 0) is 7.05 Å². The Morgan fingerprint density at radius 2 is 1.74 bits per heavy atom. The van der Waals surface area contributed by atoms with E-state index in [1.165, 1.54) is 0 Å². The number of halogens is 1. The van der Waals surface area contributed by atoms with E-state index in [0.717, 1.165) is 21.3 Å². The molecule has 1 aromatic carbocycles. The first-order valence-electron chi connectivity index (χ1n) is 6.06. The van der Waals surface area contributed by atoms with Gasteiger partial charge in [-0.3, -0.25) is 4.79 Å². The summed E-state index contributed by atoms with van der Waals surface area (Å²) in [5.41, 5.74) is 3.89. The van der Waals surface area contributed by atoms with Crippen LogP contribution in [0.3, 0.4) is 0 Å². The van der Waals surface area contributed by atoms with E-state index in [1.807, 2.05) is 49.9 Å². The first kappa shape index (κ1) is 13.9. The van der Waals surface area contributed by atoms with Crippen molar-refractivity contribution in [2.45, 2.75) is 13.8 Å². The fraction of sp³-hybridized carbons (Fsp3) is 0.267. The van der Waals surface area contributed by atoms with Crippen LogP contribution in [-0.4, -0.2) is 17.5 Å². The molecule has 100 valence electrons. The Balaban J connectivity index is 2.36. The van der Waals surface area contributed by atoms with Crippen molar-refractivity contribution in [2.75, 3.05) is 11.9 Å². The predicted molar refractivity (Wildman–Crippen MR) is 81.8 cm³/mol. The maximum Gasteiger partial charge on any atom is 0.274 e. The molecule has 2 aromatic rings. The van der Waals surface area contributed by atoms with Gasteiger partial charge in [-0.25, -0.2) is 0 Å². The molecule has 3 nitrogen and oxygen atoms in total. The predicted octanol–water partition coefficient (Wildman–Crippen LogP) is 3.68. The lowest BCUT2D eigenvalue weighted by molar-refractivity contribution is 0.0985. The van der Waals surface area contributed by atoms with Crippen LogP contribution >= 0.6 is 15.9 Å². The molecular formula is C15H17BrN2O. The second kappa shape index (κ2) is 5.21. The maximum atomic E-state index is 12.5. The number of amides is 1. The van der Waals surface area contributed by atoms with Crippen LogP contribution in [0.2, 0.25) is 0 Å². The zero-order valence-electron chi connectivity index (χ0n) is 11.6. The number of anilines is 1. The number of nitrogens with zero attached hydrogens (tertiary/aromatic N) is 2. The van der Waals surface area contributed by atoms with E-state index in [9.17, 15) is 4.79 Å². The van der Waals surface area contributed by atoms with Crippen LogP contribution in [0.5, 0.6) is 0 Å². The quantitative estimate of drug-likeness (QED) is 0.828. The molecule has 19 heavy (non-hydrogen) atoms. The van der Waals surface area contributed by atoms with Crippen molar-refractivity contribution in [3.8, 4) is 0 Å². The van der Waals surface area contributed by atoms with Gasteiger partial charge in [0.1, 0.15) is 5.69 Å². The number of carbonyl (C=O) groups excluding carboxylic acids is 1. The van der Waals surface area contributed by atoms with Gasteiger partial charge >= 0.3 is 0 Å². The molecule has 0 bridgehead atoms. The fourth-order valence-electron chi connectivity index (χ4n) is 2.17. The molecule has 0 unspecified atom stereocenters. The SMILES string of the molecule is Cc1cc(C)cc(N(C)C(=O)c2cc(Br)cn2C)c1. The van der Waals surface area contributed by atoms with Crippen molar-refractivity contribution >= 4 is 27.5 Å². The third kappa shape index (κ3) is 2.89. The number of hydrogen-bond donors (Lipinski definition) is 0. The van der Waals surface area contributed by atoms with Crippen LogP contribution < -0.4 is 4.90 Å². The molecule has 4 heteroatoms. The monoisotopic (exact) mass is 320 g/mol. The topological polar surface area (TPSA) is 25.2 Å². The van der Waals surface area contributed by atoms with Gasteiger partial charge in [-0.2, -0.15) is 0 Å². The molecule has 1 amide bonds. The largest absolute Gasteiger partial charge is 0.345 e. The summed E-state index contributed by atoms with van der Waals surface area (Å²) >= 11 is 3.39. The van der Waals surface area contributed by atoms with Gasteiger partial charge in [-0.05, 0) is 59.1 Å². The van der Waals surface area contributed by atoms with Gasteiger partial charge in [0.2, 0.25) is 0 Å². The summed E-state index contributed by atoms with van der Waals surface area (Å²) in [6.07, 6.45) is 1.88.